The number of nitrogens with zero attached hydrogens (tertiary/aromatic N) is 3. The van der Waals surface area contributed by atoms with Gasteiger partial charge in [0.05, 0.1) is 6.20 Å². The van der Waals surface area contributed by atoms with Crippen molar-refractivity contribution < 1.29 is 9.59 Å². The zero-order valence-electron chi connectivity index (χ0n) is 15.8. The fourth-order valence-electron chi connectivity index (χ4n) is 3.90. The molecule has 0 unspecified atom stereocenters. The minimum Gasteiger partial charge on any atom is -0.357 e. The summed E-state index contributed by atoms with van der Waals surface area (Å²) in [6, 6.07) is 1.86. The number of amides is 2. The van der Waals surface area contributed by atoms with Crippen molar-refractivity contribution in [1.82, 2.24) is 20.0 Å². The SMILES string of the molecule is CNC(=O)C1(Nc2ccnn2C)CCN(C(=O)CC2=CCCCC2)CC1. The van der Waals surface area contributed by atoms with Gasteiger partial charge in [0.2, 0.25) is 11.8 Å². The molecule has 0 saturated carbocycles. The number of carbonyl (C=O) groups excluding carboxylic acids is 2. The lowest BCUT2D eigenvalue weighted by Gasteiger charge is -2.41. The molecule has 2 heterocycles. The van der Waals surface area contributed by atoms with Gasteiger partial charge >= 0.3 is 0 Å². The van der Waals surface area contributed by atoms with E-state index in [1.54, 1.807) is 17.9 Å². The Morgan fingerprint density at radius 1 is 1.27 bits per heavy atom. The van der Waals surface area contributed by atoms with Gasteiger partial charge in [-0.2, -0.15) is 5.10 Å². The van der Waals surface area contributed by atoms with Crippen molar-refractivity contribution in [2.45, 2.75) is 50.5 Å². The van der Waals surface area contributed by atoms with Crippen LogP contribution in [0.1, 0.15) is 44.9 Å². The highest BCUT2D eigenvalue weighted by atomic mass is 16.2. The summed E-state index contributed by atoms with van der Waals surface area (Å²) in [7, 11) is 3.50. The Hall–Kier alpha value is -2.31. The first-order chi connectivity index (χ1) is 12.5. The summed E-state index contributed by atoms with van der Waals surface area (Å²) in [5.41, 5.74) is 0.570. The number of carbonyl (C=O) groups is 2. The molecule has 1 saturated heterocycles. The van der Waals surface area contributed by atoms with Crippen molar-refractivity contribution in [3.8, 4) is 0 Å². The number of piperidine rings is 1. The van der Waals surface area contributed by atoms with Crippen molar-refractivity contribution in [2.24, 2.45) is 7.05 Å². The quantitative estimate of drug-likeness (QED) is 0.786. The van der Waals surface area contributed by atoms with Crippen LogP contribution in [-0.2, 0) is 16.6 Å². The second kappa shape index (κ2) is 7.93. The van der Waals surface area contributed by atoms with E-state index in [0.29, 0.717) is 32.4 Å². The highest BCUT2D eigenvalue weighted by molar-refractivity contribution is 5.89. The van der Waals surface area contributed by atoms with Crippen LogP contribution in [0.4, 0.5) is 5.82 Å². The summed E-state index contributed by atoms with van der Waals surface area (Å²) in [6.45, 7) is 1.18. The van der Waals surface area contributed by atoms with Crippen molar-refractivity contribution in [1.29, 1.82) is 0 Å². The third-order valence-electron chi connectivity index (χ3n) is 5.58. The molecule has 2 N–H and O–H groups in total. The average molecular weight is 359 g/mol. The van der Waals surface area contributed by atoms with Crippen molar-refractivity contribution in [3.05, 3.63) is 23.9 Å². The van der Waals surface area contributed by atoms with Crippen LogP contribution in [0.15, 0.2) is 23.9 Å². The Bertz CT molecular complexity index is 686. The maximum atomic E-state index is 12.6. The van der Waals surface area contributed by atoms with Gasteiger partial charge in [0.25, 0.3) is 0 Å². The van der Waals surface area contributed by atoms with E-state index in [0.717, 1.165) is 18.7 Å². The Morgan fingerprint density at radius 3 is 2.62 bits per heavy atom. The van der Waals surface area contributed by atoms with Crippen LogP contribution in [0.2, 0.25) is 0 Å². The van der Waals surface area contributed by atoms with Gasteiger partial charge in [-0.25, -0.2) is 0 Å². The van der Waals surface area contributed by atoms with Crippen LogP contribution in [0.25, 0.3) is 0 Å². The zero-order chi connectivity index (χ0) is 18.6. The lowest BCUT2D eigenvalue weighted by atomic mass is 9.86. The van der Waals surface area contributed by atoms with E-state index in [9.17, 15) is 9.59 Å². The molecule has 1 aliphatic carbocycles. The van der Waals surface area contributed by atoms with Gasteiger partial charge in [-0.3, -0.25) is 14.3 Å². The molecule has 3 rings (SSSR count). The molecule has 7 heteroatoms. The minimum absolute atomic E-state index is 0.0409. The summed E-state index contributed by atoms with van der Waals surface area (Å²) in [5.74, 6) is 0.950. The molecule has 2 amide bonds. The fourth-order valence-corrected chi connectivity index (χ4v) is 3.90. The van der Waals surface area contributed by atoms with Gasteiger partial charge < -0.3 is 15.5 Å². The Kier molecular flexibility index (Phi) is 5.64. The van der Waals surface area contributed by atoms with Crippen LogP contribution in [-0.4, -0.2) is 52.2 Å². The van der Waals surface area contributed by atoms with E-state index in [1.165, 1.54) is 18.4 Å². The number of nitrogens with one attached hydrogen (secondary N) is 2. The van der Waals surface area contributed by atoms with Gasteiger partial charge in [-0.05, 0) is 38.5 Å². The summed E-state index contributed by atoms with van der Waals surface area (Å²) in [5, 5.41) is 10.3. The number of likely N-dealkylation sites (N-methyl/N-ethyl adjacent to an activating group) is 1. The van der Waals surface area contributed by atoms with Crippen LogP contribution < -0.4 is 10.6 Å². The third kappa shape index (κ3) is 3.92. The predicted molar refractivity (Wildman–Crippen MR) is 101 cm³/mol. The number of hydrogen-bond acceptors (Lipinski definition) is 4. The first-order valence-electron chi connectivity index (χ1n) is 9.48. The molecular formula is C19H29N5O2. The maximum absolute atomic E-state index is 12.6. The van der Waals surface area contributed by atoms with E-state index in [-0.39, 0.29) is 11.8 Å². The monoisotopic (exact) mass is 359 g/mol. The molecule has 0 radical (unpaired) electrons. The van der Waals surface area contributed by atoms with Gasteiger partial charge in [-0.1, -0.05) is 11.6 Å². The molecule has 142 valence electrons. The minimum atomic E-state index is -0.705. The molecule has 1 aliphatic heterocycles. The van der Waals surface area contributed by atoms with Crippen LogP contribution in [0, 0.1) is 0 Å². The van der Waals surface area contributed by atoms with Crippen molar-refractivity contribution in [2.75, 3.05) is 25.5 Å². The molecule has 1 aromatic rings. The van der Waals surface area contributed by atoms with Crippen LogP contribution in [0.5, 0.6) is 0 Å². The number of aromatic nitrogens is 2. The summed E-state index contributed by atoms with van der Waals surface area (Å²) in [4.78, 5) is 27.1. The molecule has 0 spiro atoms. The lowest BCUT2D eigenvalue weighted by molar-refractivity contribution is -0.135. The second-order valence-corrected chi connectivity index (χ2v) is 7.29. The van der Waals surface area contributed by atoms with Gasteiger partial charge in [-0.15, -0.1) is 0 Å². The molecule has 0 atom stereocenters. The Balaban J connectivity index is 1.64. The molecule has 2 aliphatic rings. The number of allylic oxidation sites excluding steroid dienone is 1. The Morgan fingerprint density at radius 2 is 2.04 bits per heavy atom. The predicted octanol–water partition coefficient (Wildman–Crippen LogP) is 1.83. The van der Waals surface area contributed by atoms with Crippen LogP contribution >= 0.6 is 0 Å². The molecule has 1 aromatic heterocycles. The molecule has 26 heavy (non-hydrogen) atoms. The fraction of sp³-hybridized carbons (Fsp3) is 0.632. The van der Waals surface area contributed by atoms with E-state index in [1.807, 2.05) is 18.0 Å². The van der Waals surface area contributed by atoms with E-state index < -0.39 is 5.54 Å². The van der Waals surface area contributed by atoms with Crippen molar-refractivity contribution in [3.63, 3.8) is 0 Å². The number of rotatable bonds is 5. The summed E-state index contributed by atoms with van der Waals surface area (Å²) >= 11 is 0. The normalized spacial score (nSPS) is 19.6. The van der Waals surface area contributed by atoms with E-state index in [4.69, 9.17) is 0 Å². The smallest absolute Gasteiger partial charge is 0.245 e. The van der Waals surface area contributed by atoms with Crippen LogP contribution in [0.3, 0.4) is 0 Å². The highest BCUT2D eigenvalue weighted by Crippen LogP contribution is 2.29. The second-order valence-electron chi connectivity index (χ2n) is 7.29. The zero-order valence-corrected chi connectivity index (χ0v) is 15.8. The summed E-state index contributed by atoms with van der Waals surface area (Å²) in [6.07, 6.45) is 10.2. The maximum Gasteiger partial charge on any atom is 0.245 e. The highest BCUT2D eigenvalue weighted by Gasteiger charge is 2.42. The topological polar surface area (TPSA) is 79.3 Å². The first-order valence-corrected chi connectivity index (χ1v) is 9.48. The lowest BCUT2D eigenvalue weighted by Crippen LogP contribution is -2.58. The Labute approximate surface area is 154 Å². The number of hydrogen-bond donors (Lipinski definition) is 2. The number of likely N-dealkylation sites (tertiary alicyclic amines) is 1. The van der Waals surface area contributed by atoms with E-state index in [2.05, 4.69) is 21.8 Å². The van der Waals surface area contributed by atoms with Gasteiger partial charge in [0, 0.05) is 39.7 Å². The molecular weight excluding hydrogens is 330 g/mol. The van der Waals surface area contributed by atoms with Crippen molar-refractivity contribution >= 4 is 17.6 Å². The third-order valence-corrected chi connectivity index (χ3v) is 5.58. The van der Waals surface area contributed by atoms with Gasteiger partial charge in [0.15, 0.2) is 0 Å². The molecule has 0 aromatic carbocycles. The van der Waals surface area contributed by atoms with Gasteiger partial charge in [0.1, 0.15) is 11.4 Å². The summed E-state index contributed by atoms with van der Waals surface area (Å²) < 4.78 is 1.72. The largest absolute Gasteiger partial charge is 0.357 e. The standard InChI is InChI=1S/C19H29N5O2/c1-20-18(26)19(22-16-8-11-21-23(16)2)9-12-24(13-10-19)17(25)14-15-6-4-3-5-7-15/h6,8,11,22H,3-5,7,9-10,12-14H2,1-2H3,(H,20,26). The average Bonchev–Trinajstić information content (AvgIpc) is 3.06. The number of anilines is 1. The molecule has 7 nitrogen and oxygen atoms in total. The first kappa shape index (κ1) is 18.5. The molecule has 0 bridgehead atoms. The van der Waals surface area contributed by atoms with E-state index >= 15 is 0 Å². The number of aryl methyl sites for hydroxylation is 1. The molecule has 1 fully saturated rings.